The van der Waals surface area contributed by atoms with E-state index in [1.54, 1.807) is 37.1 Å². The van der Waals surface area contributed by atoms with Gasteiger partial charge in [-0.15, -0.1) is 21.5 Å². The van der Waals surface area contributed by atoms with Crippen LogP contribution in [0, 0.1) is 0 Å². The molecule has 0 spiro atoms. The van der Waals surface area contributed by atoms with Gasteiger partial charge in [-0.3, -0.25) is 8.99 Å². The van der Waals surface area contributed by atoms with Gasteiger partial charge < -0.3 is 10.2 Å². The van der Waals surface area contributed by atoms with Crippen LogP contribution in [0.2, 0.25) is 5.02 Å². The summed E-state index contributed by atoms with van der Waals surface area (Å²) in [5.41, 5.74) is 5.82. The summed E-state index contributed by atoms with van der Waals surface area (Å²) in [5.74, 6) is 4.87. The van der Waals surface area contributed by atoms with E-state index in [0.29, 0.717) is 27.4 Å². The van der Waals surface area contributed by atoms with E-state index in [1.165, 1.54) is 15.6 Å². The number of aryl methyl sites for hydroxylation is 1. The first-order valence-electron chi connectivity index (χ1n) is 8.17. The highest BCUT2D eigenvalue weighted by atomic mass is 35.5. The number of thiophene rings is 1. The average molecular weight is 440 g/mol. The lowest BCUT2D eigenvalue weighted by molar-refractivity contribution is 0.522. The normalized spacial score (nSPS) is 25.1. The minimum absolute atomic E-state index is 0.163. The number of halogens is 1. The van der Waals surface area contributed by atoms with Crippen molar-refractivity contribution < 1.29 is 8.63 Å². The van der Waals surface area contributed by atoms with Gasteiger partial charge in [0.05, 0.1) is 30.2 Å². The Morgan fingerprint density at radius 2 is 2.11 bits per heavy atom. The van der Waals surface area contributed by atoms with Gasteiger partial charge in [-0.1, -0.05) is 11.6 Å². The Morgan fingerprint density at radius 3 is 2.75 bits per heavy atom. The molecule has 4 heterocycles. The number of rotatable bonds is 3. The molecule has 0 bridgehead atoms. The van der Waals surface area contributed by atoms with Crippen molar-refractivity contribution in [2.45, 2.75) is 12.5 Å². The van der Waals surface area contributed by atoms with Crippen LogP contribution in [-0.4, -0.2) is 53.1 Å². The van der Waals surface area contributed by atoms with E-state index in [4.69, 9.17) is 21.8 Å². The number of nitrogens with two attached hydrogens (primary N) is 1. The van der Waals surface area contributed by atoms with Gasteiger partial charge >= 0.3 is 0 Å². The highest BCUT2D eigenvalue weighted by molar-refractivity contribution is 7.98. The lowest BCUT2D eigenvalue weighted by Crippen LogP contribution is -2.50. The second-order valence-corrected chi connectivity index (χ2v) is 10.5. The van der Waals surface area contributed by atoms with Crippen molar-refractivity contribution in [3.8, 4) is 22.4 Å². The maximum absolute atomic E-state index is 12.9. The van der Waals surface area contributed by atoms with E-state index in [0.717, 1.165) is 4.88 Å². The summed E-state index contributed by atoms with van der Waals surface area (Å²) in [6.07, 6.45) is 1.65. The molecule has 2 atom stereocenters. The molecule has 0 amide bonds. The maximum atomic E-state index is 12.9. The second kappa shape index (κ2) is 6.33. The van der Waals surface area contributed by atoms with Gasteiger partial charge in [-0.05, 0) is 24.9 Å². The molecule has 3 aromatic rings. The van der Waals surface area contributed by atoms with Crippen molar-refractivity contribution in [2.75, 3.05) is 12.8 Å². The quantitative estimate of drug-likeness (QED) is 0.623. The third-order valence-electron chi connectivity index (χ3n) is 4.54. The largest absolute Gasteiger partial charge is 0.414 e. The van der Waals surface area contributed by atoms with Crippen molar-refractivity contribution in [2.24, 2.45) is 17.8 Å². The first kappa shape index (κ1) is 19.0. The number of aromatic nitrogens is 4. The number of aliphatic imine (C=N–C) groups is 1. The van der Waals surface area contributed by atoms with Crippen LogP contribution in [0.5, 0.6) is 0 Å². The van der Waals surface area contributed by atoms with Crippen molar-refractivity contribution in [3.05, 3.63) is 28.2 Å². The van der Waals surface area contributed by atoms with Crippen molar-refractivity contribution in [3.63, 3.8) is 0 Å². The van der Waals surface area contributed by atoms with Gasteiger partial charge in [-0.2, -0.15) is 5.10 Å². The van der Waals surface area contributed by atoms with Crippen LogP contribution < -0.4 is 5.73 Å². The summed E-state index contributed by atoms with van der Waals surface area (Å²) in [4.78, 5) is 5.94. The van der Waals surface area contributed by atoms with Gasteiger partial charge in [-0.25, -0.2) is 9.20 Å². The Kier molecular flexibility index (Phi) is 4.28. The first-order valence-corrected chi connectivity index (χ1v) is 11.2. The lowest BCUT2D eigenvalue weighted by atomic mass is 10.0. The van der Waals surface area contributed by atoms with E-state index < -0.39 is 15.2 Å². The van der Waals surface area contributed by atoms with Crippen molar-refractivity contribution in [1.29, 1.82) is 0 Å². The molecule has 4 rings (SSSR count). The SMILES string of the molecule is C=S1(=O)C[C@@](C)(c2sc(-c3nnc(-c4ccnn4C)o3)cc2Cl)N=C(N)N1C. The zero-order valence-electron chi connectivity index (χ0n) is 15.4. The van der Waals surface area contributed by atoms with Gasteiger partial charge in [0.25, 0.3) is 11.8 Å². The minimum atomic E-state index is -2.60. The minimum Gasteiger partial charge on any atom is -0.414 e. The van der Waals surface area contributed by atoms with Crippen molar-refractivity contribution >= 4 is 44.5 Å². The molecule has 0 fully saturated rings. The third-order valence-corrected chi connectivity index (χ3v) is 8.53. The number of hydrogen-bond donors (Lipinski definition) is 1. The molecule has 148 valence electrons. The van der Waals surface area contributed by atoms with E-state index in [1.807, 2.05) is 6.92 Å². The standard InChI is InChI=1S/C16H18ClN7O2S2/c1-16(8-28(4,25)24(3)15(18)20-16)12-9(17)7-11(27-12)14-22-21-13(26-14)10-5-6-19-23(10)2/h5-7H,4,8H2,1-3H3,(H2,18,20)/t16-,28?/m0/s1. The molecule has 3 aromatic heterocycles. The molecular formula is C16H18ClN7O2S2. The van der Waals surface area contributed by atoms with Gasteiger partial charge in [0.1, 0.15) is 11.2 Å². The number of hydrogen-bond acceptors (Lipinski definition) is 8. The Morgan fingerprint density at radius 1 is 1.39 bits per heavy atom. The predicted octanol–water partition coefficient (Wildman–Crippen LogP) is 1.96. The van der Waals surface area contributed by atoms with Gasteiger partial charge in [0.15, 0.2) is 0 Å². The summed E-state index contributed by atoms with van der Waals surface area (Å²) in [5, 5.41) is 12.8. The van der Waals surface area contributed by atoms with E-state index in [-0.39, 0.29) is 11.7 Å². The van der Waals surface area contributed by atoms with Crippen LogP contribution in [0.15, 0.2) is 27.7 Å². The van der Waals surface area contributed by atoms with Crippen LogP contribution in [-0.2, 0) is 22.3 Å². The van der Waals surface area contributed by atoms with Gasteiger partial charge in [0.2, 0.25) is 5.96 Å². The van der Waals surface area contributed by atoms with Crippen LogP contribution in [0.1, 0.15) is 11.8 Å². The molecule has 1 unspecified atom stereocenters. The summed E-state index contributed by atoms with van der Waals surface area (Å²) in [6.45, 7) is 1.84. The molecule has 28 heavy (non-hydrogen) atoms. The van der Waals surface area contributed by atoms with E-state index in [9.17, 15) is 4.21 Å². The fourth-order valence-electron chi connectivity index (χ4n) is 3.03. The molecule has 1 aliphatic rings. The Hall–Kier alpha value is -2.37. The average Bonchev–Trinajstić information content (AvgIpc) is 3.31. The molecule has 0 saturated carbocycles. The summed E-state index contributed by atoms with van der Waals surface area (Å²) in [7, 11) is 0.805. The molecule has 9 nitrogen and oxygen atoms in total. The molecule has 0 saturated heterocycles. The van der Waals surface area contributed by atoms with E-state index in [2.05, 4.69) is 26.2 Å². The van der Waals surface area contributed by atoms with Gasteiger partial charge in [0, 0.05) is 20.3 Å². The number of guanidine groups is 1. The smallest absolute Gasteiger partial charge is 0.266 e. The molecular weight excluding hydrogens is 422 g/mol. The Labute approximate surface area is 171 Å². The Bertz CT molecular complexity index is 1190. The topological polar surface area (TPSA) is 115 Å². The summed E-state index contributed by atoms with van der Waals surface area (Å²) < 4.78 is 21.7. The fourth-order valence-corrected chi connectivity index (χ4v) is 6.34. The molecule has 2 N–H and O–H groups in total. The van der Waals surface area contributed by atoms with Crippen molar-refractivity contribution in [1.82, 2.24) is 24.3 Å². The first-order chi connectivity index (χ1) is 13.1. The van der Waals surface area contributed by atoms with E-state index >= 15 is 0 Å². The molecule has 1 aliphatic heterocycles. The fraction of sp³-hybridized carbons (Fsp3) is 0.312. The molecule has 0 radical (unpaired) electrons. The molecule has 0 aliphatic carbocycles. The highest BCUT2D eigenvalue weighted by Crippen LogP contribution is 2.44. The highest BCUT2D eigenvalue weighted by Gasteiger charge is 2.40. The van der Waals surface area contributed by atoms with Crippen LogP contribution >= 0.6 is 22.9 Å². The molecule has 0 aromatic carbocycles. The number of nitrogens with zero attached hydrogens (tertiary/aromatic N) is 6. The van der Waals surface area contributed by atoms with Crippen LogP contribution in [0.4, 0.5) is 0 Å². The van der Waals surface area contributed by atoms with Crippen LogP contribution in [0.3, 0.4) is 0 Å². The molecule has 12 heteroatoms. The maximum Gasteiger partial charge on any atom is 0.266 e. The lowest BCUT2D eigenvalue weighted by Gasteiger charge is -2.36. The zero-order chi connectivity index (χ0) is 20.3. The zero-order valence-corrected chi connectivity index (χ0v) is 17.8. The summed E-state index contributed by atoms with van der Waals surface area (Å²) in [6, 6.07) is 3.52. The Balaban J connectivity index is 1.74. The predicted molar refractivity (Wildman–Crippen MR) is 112 cm³/mol. The van der Waals surface area contributed by atoms with Crippen LogP contribution in [0.25, 0.3) is 22.4 Å². The monoisotopic (exact) mass is 439 g/mol. The summed E-state index contributed by atoms with van der Waals surface area (Å²) >= 11 is 7.85. The second-order valence-electron chi connectivity index (χ2n) is 6.70. The third kappa shape index (κ3) is 2.99.